The van der Waals surface area contributed by atoms with E-state index in [-0.39, 0.29) is 17.3 Å². The highest BCUT2D eigenvalue weighted by atomic mass is 16.7. The number of aliphatic hydroxyl groups excluding tert-OH is 1. The van der Waals surface area contributed by atoms with Gasteiger partial charge >= 0.3 is 0 Å². The van der Waals surface area contributed by atoms with Gasteiger partial charge in [0.1, 0.15) is 0 Å². The summed E-state index contributed by atoms with van der Waals surface area (Å²) in [6.45, 7) is 8.84. The minimum absolute atomic E-state index is 0.106. The van der Waals surface area contributed by atoms with Crippen molar-refractivity contribution in [2.45, 2.75) is 84.0 Å². The van der Waals surface area contributed by atoms with Crippen LogP contribution in [0.25, 0.3) is 0 Å². The van der Waals surface area contributed by atoms with E-state index in [4.69, 9.17) is 9.47 Å². The first-order valence-electron chi connectivity index (χ1n) is 9.86. The standard InChI is InChI=1S/C20H34O3/c1-14-13-20(22-11-12-23-20)10-9-18(2)15(14)7-8-19(3)16(18)5-4-6-17(19)21/h14-17,21H,4-13H2,1-3H3/t14-,15?,16?,17-,18+,19-/m1/s1. The van der Waals surface area contributed by atoms with E-state index in [9.17, 15) is 5.11 Å². The predicted molar refractivity (Wildman–Crippen MR) is 89.9 cm³/mol. The number of aliphatic hydroxyl groups is 1. The maximum absolute atomic E-state index is 10.8. The lowest BCUT2D eigenvalue weighted by Gasteiger charge is -2.60. The van der Waals surface area contributed by atoms with Crippen molar-refractivity contribution in [3.63, 3.8) is 0 Å². The molecule has 1 spiro atoms. The average Bonchev–Trinajstić information content (AvgIpc) is 2.92. The normalized spacial score (nSPS) is 52.7. The van der Waals surface area contributed by atoms with Gasteiger partial charge in [0.25, 0.3) is 0 Å². The molecule has 1 N–H and O–H groups in total. The van der Waals surface area contributed by atoms with E-state index in [0.717, 1.165) is 38.4 Å². The van der Waals surface area contributed by atoms with E-state index in [1.54, 1.807) is 0 Å². The molecule has 4 aliphatic rings. The van der Waals surface area contributed by atoms with Gasteiger partial charge in [0.2, 0.25) is 0 Å². The SMILES string of the molecule is C[C@@H]1CC2(CC[C@@]3(C)C1CC[C@]1(C)C3CCC[C@H]1O)OCCO2. The smallest absolute Gasteiger partial charge is 0.168 e. The Hall–Kier alpha value is -0.120. The highest BCUT2D eigenvalue weighted by molar-refractivity contribution is 5.08. The minimum atomic E-state index is -0.302. The molecular formula is C20H34O3. The minimum Gasteiger partial charge on any atom is -0.393 e. The summed E-state index contributed by atoms with van der Waals surface area (Å²) in [7, 11) is 0. The predicted octanol–water partition coefficient (Wildman–Crippen LogP) is 4.13. The highest BCUT2D eigenvalue weighted by Gasteiger charge is 2.60. The second-order valence-corrected chi connectivity index (χ2v) is 9.45. The fourth-order valence-corrected chi connectivity index (χ4v) is 7.13. The van der Waals surface area contributed by atoms with Crippen LogP contribution in [0.4, 0.5) is 0 Å². The van der Waals surface area contributed by atoms with Gasteiger partial charge in [0.15, 0.2) is 5.79 Å². The molecule has 0 aromatic heterocycles. The van der Waals surface area contributed by atoms with Crippen LogP contribution < -0.4 is 0 Å². The molecule has 4 rings (SSSR count). The summed E-state index contributed by atoms with van der Waals surface area (Å²) in [5.74, 6) is 1.74. The number of rotatable bonds is 0. The number of ether oxygens (including phenoxy) is 2. The molecule has 0 bridgehead atoms. The van der Waals surface area contributed by atoms with Crippen molar-refractivity contribution in [3.8, 4) is 0 Å². The number of hydrogen-bond donors (Lipinski definition) is 1. The summed E-state index contributed by atoms with van der Waals surface area (Å²) in [6.07, 6.45) is 9.11. The van der Waals surface area contributed by atoms with E-state index in [1.807, 2.05) is 0 Å². The van der Waals surface area contributed by atoms with Crippen molar-refractivity contribution in [2.24, 2.45) is 28.6 Å². The van der Waals surface area contributed by atoms with Crippen LogP contribution in [0.3, 0.4) is 0 Å². The van der Waals surface area contributed by atoms with Crippen LogP contribution in [0.5, 0.6) is 0 Å². The van der Waals surface area contributed by atoms with Crippen molar-refractivity contribution in [2.75, 3.05) is 13.2 Å². The first-order chi connectivity index (χ1) is 10.9. The van der Waals surface area contributed by atoms with Gasteiger partial charge in [-0.1, -0.05) is 27.2 Å². The maximum atomic E-state index is 10.8. The van der Waals surface area contributed by atoms with Crippen LogP contribution in [-0.2, 0) is 9.47 Å². The van der Waals surface area contributed by atoms with Gasteiger partial charge in [-0.3, -0.25) is 0 Å². The lowest BCUT2D eigenvalue weighted by Crippen LogP contribution is -2.56. The van der Waals surface area contributed by atoms with Crippen LogP contribution >= 0.6 is 0 Å². The number of hydrogen-bond acceptors (Lipinski definition) is 3. The maximum Gasteiger partial charge on any atom is 0.168 e. The quantitative estimate of drug-likeness (QED) is 0.728. The zero-order valence-corrected chi connectivity index (χ0v) is 15.1. The van der Waals surface area contributed by atoms with E-state index in [1.165, 1.54) is 32.1 Å². The number of fused-ring (bicyclic) bond motifs is 3. The Balaban J connectivity index is 1.67. The van der Waals surface area contributed by atoms with Gasteiger partial charge in [-0.25, -0.2) is 0 Å². The molecule has 3 heteroatoms. The van der Waals surface area contributed by atoms with E-state index >= 15 is 0 Å². The van der Waals surface area contributed by atoms with Crippen LogP contribution in [0.15, 0.2) is 0 Å². The fourth-order valence-electron chi connectivity index (χ4n) is 7.13. The summed E-state index contributed by atoms with van der Waals surface area (Å²) in [4.78, 5) is 0. The lowest BCUT2D eigenvalue weighted by atomic mass is 9.45. The highest BCUT2D eigenvalue weighted by Crippen LogP contribution is 2.65. The molecule has 3 saturated carbocycles. The van der Waals surface area contributed by atoms with Crippen molar-refractivity contribution in [1.82, 2.24) is 0 Å². The molecule has 4 fully saturated rings. The molecule has 1 heterocycles. The zero-order chi connectivity index (χ0) is 16.3. The van der Waals surface area contributed by atoms with E-state index in [0.29, 0.717) is 17.3 Å². The third-order valence-corrected chi connectivity index (χ3v) is 8.34. The van der Waals surface area contributed by atoms with Gasteiger partial charge in [-0.15, -0.1) is 0 Å². The summed E-state index contributed by atoms with van der Waals surface area (Å²) in [5.41, 5.74) is 0.449. The monoisotopic (exact) mass is 322 g/mol. The summed E-state index contributed by atoms with van der Waals surface area (Å²) >= 11 is 0. The van der Waals surface area contributed by atoms with Crippen molar-refractivity contribution < 1.29 is 14.6 Å². The first kappa shape index (κ1) is 16.4. The van der Waals surface area contributed by atoms with Crippen molar-refractivity contribution in [1.29, 1.82) is 0 Å². The van der Waals surface area contributed by atoms with E-state index in [2.05, 4.69) is 20.8 Å². The fraction of sp³-hybridized carbons (Fsp3) is 1.00. The molecule has 0 aromatic carbocycles. The molecule has 3 nitrogen and oxygen atoms in total. The molecule has 0 radical (unpaired) electrons. The Morgan fingerprint density at radius 3 is 2.39 bits per heavy atom. The van der Waals surface area contributed by atoms with Gasteiger partial charge in [-0.05, 0) is 60.7 Å². The Bertz CT molecular complexity index is 458. The summed E-state index contributed by atoms with van der Waals surface area (Å²) < 4.78 is 12.2. The molecular weight excluding hydrogens is 288 g/mol. The first-order valence-corrected chi connectivity index (χ1v) is 9.86. The van der Waals surface area contributed by atoms with Gasteiger partial charge in [0.05, 0.1) is 19.3 Å². The second kappa shape index (κ2) is 5.44. The van der Waals surface area contributed by atoms with Crippen molar-refractivity contribution in [3.05, 3.63) is 0 Å². The summed E-state index contributed by atoms with van der Waals surface area (Å²) in [6, 6.07) is 0. The summed E-state index contributed by atoms with van der Waals surface area (Å²) in [5, 5.41) is 10.8. The molecule has 2 unspecified atom stereocenters. The third kappa shape index (κ3) is 2.33. The Morgan fingerprint density at radius 1 is 0.913 bits per heavy atom. The molecule has 1 saturated heterocycles. The van der Waals surface area contributed by atoms with Crippen LogP contribution in [0, 0.1) is 28.6 Å². The molecule has 3 aliphatic carbocycles. The lowest BCUT2D eigenvalue weighted by molar-refractivity contribution is -0.172. The van der Waals surface area contributed by atoms with Crippen molar-refractivity contribution >= 4 is 0 Å². The van der Waals surface area contributed by atoms with Crippen LogP contribution in [0.2, 0.25) is 0 Å². The molecule has 6 atom stereocenters. The molecule has 0 amide bonds. The third-order valence-electron chi connectivity index (χ3n) is 8.34. The van der Waals surface area contributed by atoms with Gasteiger partial charge < -0.3 is 14.6 Å². The average molecular weight is 322 g/mol. The Kier molecular flexibility index (Phi) is 3.87. The topological polar surface area (TPSA) is 38.7 Å². The Labute approximate surface area is 141 Å². The van der Waals surface area contributed by atoms with Crippen LogP contribution in [-0.4, -0.2) is 30.2 Å². The Morgan fingerprint density at radius 2 is 1.65 bits per heavy atom. The molecule has 0 aromatic rings. The second-order valence-electron chi connectivity index (χ2n) is 9.45. The van der Waals surface area contributed by atoms with Crippen LogP contribution in [0.1, 0.15) is 72.1 Å². The molecule has 132 valence electrons. The molecule has 1 aliphatic heterocycles. The van der Waals surface area contributed by atoms with Gasteiger partial charge in [-0.2, -0.15) is 0 Å². The zero-order valence-electron chi connectivity index (χ0n) is 15.1. The largest absolute Gasteiger partial charge is 0.393 e. The molecule has 23 heavy (non-hydrogen) atoms. The van der Waals surface area contributed by atoms with E-state index < -0.39 is 0 Å². The van der Waals surface area contributed by atoms with Gasteiger partial charge in [0, 0.05) is 12.8 Å².